The lowest BCUT2D eigenvalue weighted by Crippen LogP contribution is -2.07. The van der Waals surface area contributed by atoms with Crippen LogP contribution in [0.4, 0.5) is 0 Å². The quantitative estimate of drug-likeness (QED) is 0.693. The van der Waals surface area contributed by atoms with Crippen LogP contribution in [0.25, 0.3) is 0 Å². The van der Waals surface area contributed by atoms with E-state index in [0.717, 1.165) is 18.4 Å². The number of aromatic nitrogens is 2. The molecule has 0 aromatic carbocycles. The van der Waals surface area contributed by atoms with Crippen molar-refractivity contribution in [3.8, 4) is 0 Å². The van der Waals surface area contributed by atoms with E-state index in [1.54, 1.807) is 0 Å². The Bertz CT molecular complexity index is 273. The van der Waals surface area contributed by atoms with Crippen LogP contribution in [0.1, 0.15) is 44.7 Å². The lowest BCUT2D eigenvalue weighted by atomic mass is 10.1. The van der Waals surface area contributed by atoms with Crippen molar-refractivity contribution in [3.63, 3.8) is 0 Å². The Kier molecular flexibility index (Phi) is 2.38. The summed E-state index contributed by atoms with van der Waals surface area (Å²) in [5, 5.41) is 4.58. The van der Waals surface area contributed by atoms with Crippen LogP contribution in [0.15, 0.2) is 12.3 Å². The Morgan fingerprint density at radius 2 is 2.38 bits per heavy atom. The Hall–Kier alpha value is -0.790. The standard InChI is InChI=1S/C11H18N2/c1-3-9(2)8-13-7-6-11(12-13)10-4-5-10/h6-7,9-10H,3-5,8H2,1-2H3. The summed E-state index contributed by atoms with van der Waals surface area (Å²) < 4.78 is 2.10. The lowest BCUT2D eigenvalue weighted by Gasteiger charge is -2.07. The minimum Gasteiger partial charge on any atom is -0.272 e. The minimum atomic E-state index is 0.743. The molecule has 0 bridgehead atoms. The fraction of sp³-hybridized carbons (Fsp3) is 0.727. The van der Waals surface area contributed by atoms with Gasteiger partial charge in [0, 0.05) is 18.7 Å². The van der Waals surface area contributed by atoms with Crippen LogP contribution in [0.3, 0.4) is 0 Å². The molecule has 0 radical (unpaired) electrons. The molecule has 1 unspecified atom stereocenters. The molecule has 2 heteroatoms. The maximum Gasteiger partial charge on any atom is 0.0655 e. The fourth-order valence-electron chi connectivity index (χ4n) is 1.52. The molecule has 1 aromatic rings. The number of rotatable bonds is 4. The zero-order valence-corrected chi connectivity index (χ0v) is 8.53. The van der Waals surface area contributed by atoms with Crippen molar-refractivity contribution in [2.75, 3.05) is 0 Å². The highest BCUT2D eigenvalue weighted by Gasteiger charge is 2.25. The molecule has 0 amide bonds. The average molecular weight is 178 g/mol. The summed E-state index contributed by atoms with van der Waals surface area (Å²) in [6.45, 7) is 5.58. The van der Waals surface area contributed by atoms with E-state index in [9.17, 15) is 0 Å². The molecule has 72 valence electrons. The number of hydrogen-bond acceptors (Lipinski definition) is 1. The maximum atomic E-state index is 4.58. The van der Waals surface area contributed by atoms with E-state index in [1.807, 2.05) is 0 Å². The lowest BCUT2D eigenvalue weighted by molar-refractivity contribution is 0.437. The molecule has 1 aromatic heterocycles. The summed E-state index contributed by atoms with van der Waals surface area (Å²) >= 11 is 0. The normalized spacial score (nSPS) is 18.9. The van der Waals surface area contributed by atoms with Crippen molar-refractivity contribution in [3.05, 3.63) is 18.0 Å². The van der Waals surface area contributed by atoms with Gasteiger partial charge in [-0.05, 0) is 24.8 Å². The van der Waals surface area contributed by atoms with E-state index in [4.69, 9.17) is 0 Å². The third-order valence-electron chi connectivity index (χ3n) is 2.85. The van der Waals surface area contributed by atoms with Gasteiger partial charge in [0.25, 0.3) is 0 Å². The second-order valence-corrected chi connectivity index (χ2v) is 4.25. The van der Waals surface area contributed by atoms with Gasteiger partial charge in [0.15, 0.2) is 0 Å². The molecule has 1 aliphatic rings. The smallest absolute Gasteiger partial charge is 0.0655 e. The Morgan fingerprint density at radius 3 is 3.00 bits per heavy atom. The minimum absolute atomic E-state index is 0.743. The Labute approximate surface area is 80.0 Å². The van der Waals surface area contributed by atoms with Crippen LogP contribution >= 0.6 is 0 Å². The van der Waals surface area contributed by atoms with Gasteiger partial charge in [-0.2, -0.15) is 5.10 Å². The summed E-state index contributed by atoms with van der Waals surface area (Å²) in [6.07, 6.45) is 6.05. The highest BCUT2D eigenvalue weighted by atomic mass is 15.3. The van der Waals surface area contributed by atoms with Crippen LogP contribution in [-0.4, -0.2) is 9.78 Å². The van der Waals surface area contributed by atoms with Gasteiger partial charge in [-0.3, -0.25) is 4.68 Å². The first-order valence-electron chi connectivity index (χ1n) is 5.33. The summed E-state index contributed by atoms with van der Waals surface area (Å²) in [6, 6.07) is 2.18. The van der Waals surface area contributed by atoms with Crippen molar-refractivity contribution in [2.45, 2.75) is 45.6 Å². The molecule has 1 aliphatic carbocycles. The summed E-state index contributed by atoms with van der Waals surface area (Å²) in [7, 11) is 0. The van der Waals surface area contributed by atoms with Crippen molar-refractivity contribution < 1.29 is 0 Å². The monoisotopic (exact) mass is 178 g/mol. The summed E-state index contributed by atoms with van der Waals surface area (Å²) in [4.78, 5) is 0. The topological polar surface area (TPSA) is 17.8 Å². The van der Waals surface area contributed by atoms with Crippen LogP contribution < -0.4 is 0 Å². The van der Waals surface area contributed by atoms with Crippen LogP contribution in [-0.2, 0) is 6.54 Å². The van der Waals surface area contributed by atoms with E-state index in [0.29, 0.717) is 0 Å². The molecule has 0 spiro atoms. The van der Waals surface area contributed by atoms with Crippen LogP contribution in [0, 0.1) is 5.92 Å². The van der Waals surface area contributed by atoms with E-state index in [2.05, 4.69) is 35.9 Å². The molecular formula is C11H18N2. The number of hydrogen-bond donors (Lipinski definition) is 0. The predicted octanol–water partition coefficient (Wildman–Crippen LogP) is 2.81. The molecule has 13 heavy (non-hydrogen) atoms. The molecular weight excluding hydrogens is 160 g/mol. The van der Waals surface area contributed by atoms with E-state index >= 15 is 0 Å². The van der Waals surface area contributed by atoms with Crippen molar-refractivity contribution in [1.82, 2.24) is 9.78 Å². The van der Waals surface area contributed by atoms with Crippen LogP contribution in [0.5, 0.6) is 0 Å². The Balaban J connectivity index is 1.96. The fourth-order valence-corrected chi connectivity index (χ4v) is 1.52. The van der Waals surface area contributed by atoms with E-state index < -0.39 is 0 Å². The third-order valence-corrected chi connectivity index (χ3v) is 2.85. The molecule has 2 nitrogen and oxygen atoms in total. The first kappa shape index (κ1) is 8.79. The molecule has 1 saturated carbocycles. The van der Waals surface area contributed by atoms with Gasteiger partial charge in [0.2, 0.25) is 0 Å². The van der Waals surface area contributed by atoms with Gasteiger partial charge in [-0.1, -0.05) is 20.3 Å². The van der Waals surface area contributed by atoms with Crippen molar-refractivity contribution in [2.24, 2.45) is 5.92 Å². The van der Waals surface area contributed by atoms with Crippen LogP contribution in [0.2, 0.25) is 0 Å². The molecule has 0 N–H and O–H groups in total. The molecule has 2 rings (SSSR count). The molecule has 0 aliphatic heterocycles. The highest BCUT2D eigenvalue weighted by Crippen LogP contribution is 2.38. The summed E-state index contributed by atoms with van der Waals surface area (Å²) in [5.74, 6) is 1.53. The van der Waals surface area contributed by atoms with Crippen molar-refractivity contribution >= 4 is 0 Å². The zero-order valence-electron chi connectivity index (χ0n) is 8.53. The maximum absolute atomic E-state index is 4.58. The highest BCUT2D eigenvalue weighted by molar-refractivity contribution is 5.12. The van der Waals surface area contributed by atoms with Gasteiger partial charge in [0.05, 0.1) is 5.69 Å². The predicted molar refractivity (Wildman–Crippen MR) is 53.7 cm³/mol. The zero-order chi connectivity index (χ0) is 9.26. The first-order valence-corrected chi connectivity index (χ1v) is 5.33. The first-order chi connectivity index (χ1) is 6.29. The Morgan fingerprint density at radius 1 is 1.62 bits per heavy atom. The number of nitrogens with zero attached hydrogens (tertiary/aromatic N) is 2. The third kappa shape index (κ3) is 2.11. The summed E-state index contributed by atoms with van der Waals surface area (Å²) in [5.41, 5.74) is 1.31. The molecule has 1 atom stereocenters. The molecule has 1 heterocycles. The second kappa shape index (κ2) is 3.52. The second-order valence-electron chi connectivity index (χ2n) is 4.25. The van der Waals surface area contributed by atoms with Gasteiger partial charge in [-0.15, -0.1) is 0 Å². The molecule has 1 fully saturated rings. The van der Waals surface area contributed by atoms with Crippen molar-refractivity contribution in [1.29, 1.82) is 0 Å². The average Bonchev–Trinajstić information content (AvgIpc) is 2.88. The van der Waals surface area contributed by atoms with Gasteiger partial charge in [0.1, 0.15) is 0 Å². The van der Waals surface area contributed by atoms with E-state index in [1.165, 1.54) is 25.0 Å². The molecule has 0 saturated heterocycles. The van der Waals surface area contributed by atoms with E-state index in [-0.39, 0.29) is 0 Å². The van der Waals surface area contributed by atoms with Gasteiger partial charge < -0.3 is 0 Å². The SMILES string of the molecule is CCC(C)Cn1ccc(C2CC2)n1. The van der Waals surface area contributed by atoms with Gasteiger partial charge >= 0.3 is 0 Å². The van der Waals surface area contributed by atoms with Gasteiger partial charge in [-0.25, -0.2) is 0 Å². The largest absolute Gasteiger partial charge is 0.272 e.